The van der Waals surface area contributed by atoms with Gasteiger partial charge < -0.3 is 9.47 Å². The molecule has 4 rings (SSSR count). The number of likely N-dealkylation sites (tertiary alicyclic amines) is 1. The lowest BCUT2D eigenvalue weighted by molar-refractivity contribution is -0.149. The molecular weight excluding hydrogens is 402 g/mol. The third-order valence-corrected chi connectivity index (χ3v) is 7.07. The van der Waals surface area contributed by atoms with E-state index in [1.165, 1.54) is 18.4 Å². The van der Waals surface area contributed by atoms with Gasteiger partial charge in [-0.3, -0.25) is 14.5 Å². The van der Waals surface area contributed by atoms with E-state index in [1.54, 1.807) is 0 Å². The molecule has 1 aliphatic heterocycles. The van der Waals surface area contributed by atoms with Gasteiger partial charge >= 0.3 is 5.97 Å². The molecule has 0 N–H and O–H groups in total. The quantitative estimate of drug-likeness (QED) is 0.430. The molecule has 2 aromatic carbocycles. The summed E-state index contributed by atoms with van der Waals surface area (Å²) in [5.41, 5.74) is 1.88. The number of piperidine rings is 1. The van der Waals surface area contributed by atoms with Crippen molar-refractivity contribution in [2.24, 2.45) is 11.8 Å². The molecule has 1 saturated heterocycles. The normalized spacial score (nSPS) is 22.6. The van der Waals surface area contributed by atoms with E-state index in [4.69, 9.17) is 9.47 Å². The van der Waals surface area contributed by atoms with Gasteiger partial charge in [-0.15, -0.1) is 0 Å². The lowest BCUT2D eigenvalue weighted by Gasteiger charge is -2.30. The maximum atomic E-state index is 12.0. The van der Waals surface area contributed by atoms with E-state index in [0.717, 1.165) is 68.3 Å². The van der Waals surface area contributed by atoms with Gasteiger partial charge in [0.25, 0.3) is 0 Å². The van der Waals surface area contributed by atoms with E-state index in [1.807, 2.05) is 13.0 Å². The molecule has 0 radical (unpaired) electrons. The molecule has 1 heterocycles. The number of aldehydes is 1. The predicted molar refractivity (Wildman–Crippen MR) is 126 cm³/mol. The number of carbonyl (C=O) groups is 2. The minimum Gasteiger partial charge on any atom is -0.490 e. The van der Waals surface area contributed by atoms with Crippen molar-refractivity contribution in [2.75, 3.05) is 19.7 Å². The Labute approximate surface area is 191 Å². The topological polar surface area (TPSA) is 55.8 Å². The summed E-state index contributed by atoms with van der Waals surface area (Å²) in [6.45, 7) is 7.24. The Hall–Kier alpha value is -2.40. The van der Waals surface area contributed by atoms with E-state index in [0.29, 0.717) is 17.9 Å². The number of benzene rings is 2. The molecule has 2 aliphatic rings. The van der Waals surface area contributed by atoms with Crippen LogP contribution in [-0.4, -0.2) is 43.0 Å². The summed E-state index contributed by atoms with van der Waals surface area (Å²) in [5, 5.41) is 2.02. The number of esters is 1. The van der Waals surface area contributed by atoms with Crippen molar-refractivity contribution in [2.45, 2.75) is 65.0 Å². The fourth-order valence-electron chi connectivity index (χ4n) is 5.08. The number of carbonyl (C=O) groups excluding carboxylic acids is 2. The molecule has 2 aromatic rings. The van der Waals surface area contributed by atoms with Crippen LogP contribution in [0.25, 0.3) is 10.8 Å². The Morgan fingerprint density at radius 3 is 2.50 bits per heavy atom. The number of fused-ring (bicyclic) bond motifs is 1. The summed E-state index contributed by atoms with van der Waals surface area (Å²) in [6.07, 6.45) is 7.34. The zero-order chi connectivity index (χ0) is 22.5. The van der Waals surface area contributed by atoms with E-state index < -0.39 is 0 Å². The van der Waals surface area contributed by atoms with Crippen LogP contribution in [0.2, 0.25) is 0 Å². The maximum absolute atomic E-state index is 12.0. The van der Waals surface area contributed by atoms with Crippen LogP contribution in [0.4, 0.5) is 0 Å². The third-order valence-electron chi connectivity index (χ3n) is 7.07. The van der Waals surface area contributed by atoms with Crippen LogP contribution in [0.3, 0.4) is 0 Å². The Morgan fingerprint density at radius 1 is 1.06 bits per heavy atom. The molecule has 0 spiro atoms. The summed E-state index contributed by atoms with van der Waals surface area (Å²) < 4.78 is 11.4. The van der Waals surface area contributed by atoms with Crippen molar-refractivity contribution in [3.63, 3.8) is 0 Å². The Kier molecular flexibility index (Phi) is 7.46. The molecule has 1 saturated carbocycles. The maximum Gasteiger partial charge on any atom is 0.309 e. The Morgan fingerprint density at radius 2 is 1.81 bits per heavy atom. The largest absolute Gasteiger partial charge is 0.490 e. The van der Waals surface area contributed by atoms with E-state index >= 15 is 0 Å². The highest BCUT2D eigenvalue weighted by Gasteiger charge is 2.26. The van der Waals surface area contributed by atoms with Crippen LogP contribution < -0.4 is 4.74 Å². The summed E-state index contributed by atoms with van der Waals surface area (Å²) in [4.78, 5) is 26.3. The first-order chi connectivity index (χ1) is 15.6. The van der Waals surface area contributed by atoms with E-state index in [9.17, 15) is 9.59 Å². The van der Waals surface area contributed by atoms with Crippen molar-refractivity contribution in [1.82, 2.24) is 4.90 Å². The molecule has 0 atom stereocenters. The SMILES string of the molecule is CCOC(=O)C1CCN(Cc2ccc3c(C=O)c(OC4CCC(C)CC4)ccc3c2)CC1. The average molecular weight is 438 g/mol. The van der Waals surface area contributed by atoms with Gasteiger partial charge in [0, 0.05) is 6.54 Å². The number of nitrogens with zero attached hydrogens (tertiary/aromatic N) is 1. The van der Waals surface area contributed by atoms with Crippen molar-refractivity contribution in [3.05, 3.63) is 41.5 Å². The molecule has 5 nitrogen and oxygen atoms in total. The average Bonchev–Trinajstić information content (AvgIpc) is 2.81. The highest BCUT2D eigenvalue weighted by atomic mass is 16.5. The molecule has 0 amide bonds. The molecule has 172 valence electrons. The van der Waals surface area contributed by atoms with Gasteiger partial charge in [-0.1, -0.05) is 25.1 Å². The van der Waals surface area contributed by atoms with Gasteiger partial charge in [0.1, 0.15) is 5.75 Å². The summed E-state index contributed by atoms with van der Waals surface area (Å²) in [7, 11) is 0. The molecule has 0 aromatic heterocycles. The van der Waals surface area contributed by atoms with Crippen LogP contribution in [0.15, 0.2) is 30.3 Å². The minimum atomic E-state index is -0.0555. The summed E-state index contributed by atoms with van der Waals surface area (Å²) >= 11 is 0. The van der Waals surface area contributed by atoms with Crippen LogP contribution in [0.5, 0.6) is 5.75 Å². The molecule has 0 unspecified atom stereocenters. The van der Waals surface area contributed by atoms with Crippen LogP contribution >= 0.6 is 0 Å². The van der Waals surface area contributed by atoms with Crippen molar-refractivity contribution in [1.29, 1.82) is 0 Å². The second-order valence-electron chi connectivity index (χ2n) is 9.45. The van der Waals surface area contributed by atoms with Crippen LogP contribution in [0.1, 0.15) is 68.3 Å². The first-order valence-electron chi connectivity index (χ1n) is 12.1. The number of rotatable bonds is 7. The highest BCUT2D eigenvalue weighted by molar-refractivity contribution is 6.01. The molecule has 2 fully saturated rings. The van der Waals surface area contributed by atoms with Gasteiger partial charge in [-0.2, -0.15) is 0 Å². The monoisotopic (exact) mass is 437 g/mol. The standard InChI is InChI=1S/C27H35NO4/c1-3-31-27(30)21-12-14-28(15-13-21)17-20-6-10-24-22(16-20)7-11-26(25(24)18-29)32-23-8-4-19(2)5-9-23/h6-7,10-11,16,18-19,21,23H,3-5,8-9,12-15,17H2,1-2H3. The van der Waals surface area contributed by atoms with Gasteiger partial charge in [0.05, 0.1) is 24.2 Å². The first kappa shape index (κ1) is 22.8. The molecule has 32 heavy (non-hydrogen) atoms. The Balaban J connectivity index is 1.42. The fourth-order valence-corrected chi connectivity index (χ4v) is 5.08. The van der Waals surface area contributed by atoms with Crippen LogP contribution in [0, 0.1) is 11.8 Å². The van der Waals surface area contributed by atoms with Crippen molar-refractivity contribution >= 4 is 23.0 Å². The van der Waals surface area contributed by atoms with Crippen molar-refractivity contribution < 1.29 is 19.1 Å². The highest BCUT2D eigenvalue weighted by Crippen LogP contribution is 2.32. The zero-order valence-electron chi connectivity index (χ0n) is 19.3. The van der Waals surface area contributed by atoms with Gasteiger partial charge in [-0.05, 0) is 92.9 Å². The Bertz CT molecular complexity index is 940. The predicted octanol–water partition coefficient (Wildman–Crippen LogP) is 5.38. The first-order valence-corrected chi connectivity index (χ1v) is 12.1. The molecular formula is C27H35NO4. The second-order valence-corrected chi connectivity index (χ2v) is 9.45. The summed E-state index contributed by atoms with van der Waals surface area (Å²) in [6, 6.07) is 10.4. The minimum absolute atomic E-state index is 0.0313. The smallest absolute Gasteiger partial charge is 0.309 e. The molecule has 0 bridgehead atoms. The fraction of sp³-hybridized carbons (Fsp3) is 0.556. The van der Waals surface area contributed by atoms with E-state index in [2.05, 4.69) is 36.1 Å². The van der Waals surface area contributed by atoms with Gasteiger partial charge in [0.15, 0.2) is 6.29 Å². The number of ether oxygens (including phenoxy) is 2. The van der Waals surface area contributed by atoms with E-state index in [-0.39, 0.29) is 18.0 Å². The third kappa shape index (κ3) is 5.32. The van der Waals surface area contributed by atoms with Crippen LogP contribution in [-0.2, 0) is 16.1 Å². The molecule has 1 aliphatic carbocycles. The second kappa shape index (κ2) is 10.5. The summed E-state index contributed by atoms with van der Waals surface area (Å²) in [5.74, 6) is 1.45. The van der Waals surface area contributed by atoms with Gasteiger partial charge in [0.2, 0.25) is 0 Å². The number of hydrogen-bond donors (Lipinski definition) is 0. The number of hydrogen-bond acceptors (Lipinski definition) is 5. The zero-order valence-corrected chi connectivity index (χ0v) is 19.3. The lowest BCUT2D eigenvalue weighted by atomic mass is 9.89. The van der Waals surface area contributed by atoms with Gasteiger partial charge in [-0.25, -0.2) is 0 Å². The van der Waals surface area contributed by atoms with Crippen molar-refractivity contribution in [3.8, 4) is 5.75 Å². The lowest BCUT2D eigenvalue weighted by Crippen LogP contribution is -2.36. The molecule has 5 heteroatoms.